The number of thiophene rings is 1. The van der Waals surface area contributed by atoms with Crippen molar-refractivity contribution in [1.29, 1.82) is 0 Å². The summed E-state index contributed by atoms with van der Waals surface area (Å²) in [5.41, 5.74) is 2.09. The van der Waals surface area contributed by atoms with Crippen molar-refractivity contribution in [3.05, 3.63) is 64.4 Å². The third kappa shape index (κ3) is 3.03. The average Bonchev–Trinajstić information content (AvgIpc) is 3.39. The fourth-order valence-corrected chi connectivity index (χ4v) is 4.42. The van der Waals surface area contributed by atoms with Gasteiger partial charge in [0.25, 0.3) is 0 Å². The van der Waals surface area contributed by atoms with Crippen molar-refractivity contribution >= 4 is 22.8 Å². The Morgan fingerprint density at radius 2 is 2.00 bits per heavy atom. The summed E-state index contributed by atoms with van der Waals surface area (Å²) >= 11 is 1.59. The van der Waals surface area contributed by atoms with E-state index in [0.717, 1.165) is 36.8 Å². The lowest BCUT2D eigenvalue weighted by Crippen LogP contribution is -2.35. The van der Waals surface area contributed by atoms with Gasteiger partial charge in [0, 0.05) is 30.0 Å². The Morgan fingerprint density at radius 3 is 2.86 bits per heavy atom. The van der Waals surface area contributed by atoms with Gasteiger partial charge in [-0.2, -0.15) is 15.9 Å². The molecule has 0 N–H and O–H groups in total. The average molecular weight is 397 g/mol. The predicted octanol–water partition coefficient (Wildman–Crippen LogP) is 4.52. The SMILES string of the molecule is Fc1ccc(F)c(C2CCCN(c3ccc4nnc(-c5ccsc5)n4n3)C2)c1. The van der Waals surface area contributed by atoms with Crippen LogP contribution in [-0.4, -0.2) is 32.9 Å². The minimum atomic E-state index is -0.405. The topological polar surface area (TPSA) is 46.3 Å². The predicted molar refractivity (Wildman–Crippen MR) is 105 cm³/mol. The Hall–Kier alpha value is -2.87. The molecule has 1 fully saturated rings. The minimum absolute atomic E-state index is 0.0702. The molecule has 1 aliphatic rings. The Bertz CT molecular complexity index is 1130. The van der Waals surface area contributed by atoms with Crippen LogP contribution in [0.15, 0.2) is 47.2 Å². The molecule has 1 saturated heterocycles. The molecule has 0 saturated carbocycles. The number of rotatable bonds is 3. The second-order valence-electron chi connectivity index (χ2n) is 6.95. The first-order valence-corrected chi connectivity index (χ1v) is 10.1. The minimum Gasteiger partial charge on any atom is -0.355 e. The van der Waals surface area contributed by atoms with E-state index in [1.54, 1.807) is 15.9 Å². The van der Waals surface area contributed by atoms with Crippen LogP contribution >= 0.6 is 11.3 Å². The summed E-state index contributed by atoms with van der Waals surface area (Å²) in [5, 5.41) is 17.2. The number of halogens is 2. The van der Waals surface area contributed by atoms with E-state index in [0.29, 0.717) is 23.6 Å². The number of hydrogen-bond donors (Lipinski definition) is 0. The lowest BCUT2D eigenvalue weighted by atomic mass is 9.90. The largest absolute Gasteiger partial charge is 0.355 e. The Labute approximate surface area is 164 Å². The highest BCUT2D eigenvalue weighted by Gasteiger charge is 2.25. The number of fused-ring (bicyclic) bond motifs is 1. The zero-order chi connectivity index (χ0) is 19.1. The summed E-state index contributed by atoms with van der Waals surface area (Å²) < 4.78 is 29.6. The van der Waals surface area contributed by atoms with Crippen molar-refractivity contribution in [1.82, 2.24) is 19.8 Å². The molecule has 0 aliphatic carbocycles. The second kappa shape index (κ2) is 6.94. The summed E-state index contributed by atoms with van der Waals surface area (Å²) in [6.07, 6.45) is 1.71. The third-order valence-corrected chi connectivity index (χ3v) is 5.85. The molecule has 0 bridgehead atoms. The van der Waals surface area contributed by atoms with Gasteiger partial charge in [-0.15, -0.1) is 15.3 Å². The van der Waals surface area contributed by atoms with Crippen LogP contribution in [0.3, 0.4) is 0 Å². The van der Waals surface area contributed by atoms with E-state index < -0.39 is 5.82 Å². The van der Waals surface area contributed by atoms with E-state index in [2.05, 4.69) is 15.1 Å². The van der Waals surface area contributed by atoms with Gasteiger partial charge in [-0.1, -0.05) is 0 Å². The molecule has 8 heteroatoms. The maximum Gasteiger partial charge on any atom is 0.186 e. The van der Waals surface area contributed by atoms with Crippen LogP contribution < -0.4 is 4.90 Å². The van der Waals surface area contributed by atoms with Crippen LogP contribution in [-0.2, 0) is 0 Å². The van der Waals surface area contributed by atoms with E-state index >= 15 is 0 Å². The monoisotopic (exact) mass is 397 g/mol. The third-order valence-electron chi connectivity index (χ3n) is 5.17. The molecule has 4 heterocycles. The summed E-state index contributed by atoms with van der Waals surface area (Å²) in [6.45, 7) is 1.41. The van der Waals surface area contributed by atoms with Crippen LogP contribution in [0, 0.1) is 11.6 Å². The van der Waals surface area contributed by atoms with Crippen molar-refractivity contribution in [2.24, 2.45) is 0 Å². The molecule has 5 rings (SSSR count). The van der Waals surface area contributed by atoms with Crippen LogP contribution in [0.1, 0.15) is 24.3 Å². The molecule has 1 aromatic carbocycles. The van der Waals surface area contributed by atoms with Crippen molar-refractivity contribution < 1.29 is 8.78 Å². The second-order valence-corrected chi connectivity index (χ2v) is 7.73. The van der Waals surface area contributed by atoms with E-state index in [9.17, 15) is 8.78 Å². The number of hydrogen-bond acceptors (Lipinski definition) is 5. The molecule has 4 aromatic rings. The molecule has 1 unspecified atom stereocenters. The maximum absolute atomic E-state index is 14.2. The van der Waals surface area contributed by atoms with E-state index in [1.807, 2.05) is 29.0 Å². The molecule has 0 radical (unpaired) electrons. The van der Waals surface area contributed by atoms with E-state index in [4.69, 9.17) is 5.10 Å². The van der Waals surface area contributed by atoms with Crippen molar-refractivity contribution in [3.63, 3.8) is 0 Å². The summed E-state index contributed by atoms with van der Waals surface area (Å²) in [4.78, 5) is 2.12. The first-order valence-electron chi connectivity index (χ1n) is 9.14. The fourth-order valence-electron chi connectivity index (χ4n) is 3.79. The molecule has 1 atom stereocenters. The highest BCUT2D eigenvalue weighted by atomic mass is 32.1. The quantitative estimate of drug-likeness (QED) is 0.510. The molecule has 0 spiro atoms. The zero-order valence-corrected chi connectivity index (χ0v) is 15.7. The molecule has 142 valence electrons. The first-order chi connectivity index (χ1) is 13.7. The van der Waals surface area contributed by atoms with E-state index in [1.165, 1.54) is 12.1 Å². The lowest BCUT2D eigenvalue weighted by molar-refractivity contribution is 0.479. The number of piperidine rings is 1. The Kier molecular flexibility index (Phi) is 4.27. The van der Waals surface area contributed by atoms with Gasteiger partial charge >= 0.3 is 0 Å². The number of nitrogens with zero attached hydrogens (tertiary/aromatic N) is 5. The van der Waals surface area contributed by atoms with Crippen LogP contribution in [0.25, 0.3) is 17.0 Å². The van der Waals surface area contributed by atoms with Crippen molar-refractivity contribution in [2.45, 2.75) is 18.8 Å². The standard InChI is InChI=1S/C20H17F2N5S/c21-15-3-4-17(22)16(10-15)13-2-1-8-26(11-13)19-6-5-18-23-24-20(27(18)25-19)14-7-9-28-12-14/h3-7,9-10,12-13H,1-2,8,11H2. The molecular formula is C20H17F2N5S. The fraction of sp³-hybridized carbons (Fsp3) is 0.250. The highest BCUT2D eigenvalue weighted by Crippen LogP contribution is 2.31. The molecule has 0 amide bonds. The normalized spacial score (nSPS) is 17.4. The molecule has 1 aliphatic heterocycles. The van der Waals surface area contributed by atoms with Gasteiger partial charge in [-0.3, -0.25) is 0 Å². The lowest BCUT2D eigenvalue weighted by Gasteiger charge is -2.33. The van der Waals surface area contributed by atoms with Gasteiger partial charge in [0.1, 0.15) is 17.5 Å². The Balaban J connectivity index is 1.48. The van der Waals surface area contributed by atoms with Gasteiger partial charge in [-0.05, 0) is 60.2 Å². The zero-order valence-electron chi connectivity index (χ0n) is 14.9. The molecule has 5 nitrogen and oxygen atoms in total. The van der Waals surface area contributed by atoms with Gasteiger partial charge in [0.15, 0.2) is 11.5 Å². The maximum atomic E-state index is 14.2. The van der Waals surface area contributed by atoms with Gasteiger partial charge in [0.2, 0.25) is 0 Å². The van der Waals surface area contributed by atoms with E-state index in [-0.39, 0.29) is 11.7 Å². The first kappa shape index (κ1) is 17.2. The van der Waals surface area contributed by atoms with Crippen molar-refractivity contribution in [3.8, 4) is 11.4 Å². The van der Waals surface area contributed by atoms with Crippen LogP contribution in [0.5, 0.6) is 0 Å². The number of benzene rings is 1. The van der Waals surface area contributed by atoms with Crippen LogP contribution in [0.2, 0.25) is 0 Å². The van der Waals surface area contributed by atoms with Crippen molar-refractivity contribution in [2.75, 3.05) is 18.0 Å². The molecule has 3 aromatic heterocycles. The smallest absolute Gasteiger partial charge is 0.186 e. The molecular weight excluding hydrogens is 380 g/mol. The number of aromatic nitrogens is 4. The highest BCUT2D eigenvalue weighted by molar-refractivity contribution is 7.08. The van der Waals surface area contributed by atoms with Gasteiger partial charge < -0.3 is 4.90 Å². The summed E-state index contributed by atoms with van der Waals surface area (Å²) in [7, 11) is 0. The number of anilines is 1. The summed E-state index contributed by atoms with van der Waals surface area (Å²) in [6, 6.07) is 9.46. The van der Waals surface area contributed by atoms with Gasteiger partial charge in [-0.25, -0.2) is 8.78 Å². The van der Waals surface area contributed by atoms with Crippen LogP contribution in [0.4, 0.5) is 14.6 Å². The Morgan fingerprint density at radius 1 is 1.07 bits per heavy atom. The van der Waals surface area contributed by atoms with Gasteiger partial charge in [0.05, 0.1) is 0 Å². The summed E-state index contributed by atoms with van der Waals surface area (Å²) in [5.74, 6) is 0.653. The molecule has 28 heavy (non-hydrogen) atoms.